The Balaban J connectivity index is 1.67. The molecule has 0 aliphatic carbocycles. The van der Waals surface area contributed by atoms with E-state index < -0.39 is 0 Å². The lowest BCUT2D eigenvalue weighted by atomic mass is 10.0. The number of hydrogen-bond donors (Lipinski definition) is 1. The first-order chi connectivity index (χ1) is 5.45. The van der Waals surface area contributed by atoms with Gasteiger partial charge in [-0.05, 0) is 5.92 Å². The molecule has 2 rings (SSSR count). The molecule has 2 nitrogen and oxygen atoms in total. The second kappa shape index (κ2) is 3.78. The van der Waals surface area contributed by atoms with Crippen molar-refractivity contribution in [3.8, 4) is 0 Å². The maximum Gasteiger partial charge on any atom is 0.00728 e. The van der Waals surface area contributed by atoms with Crippen LogP contribution in [0, 0.1) is 5.92 Å². The van der Waals surface area contributed by atoms with Crippen molar-refractivity contribution in [2.75, 3.05) is 44.2 Å². The predicted octanol–water partition coefficient (Wildman–Crippen LogP) is 0.255. The van der Waals surface area contributed by atoms with E-state index in [0.29, 0.717) is 0 Å². The first-order valence-electron chi connectivity index (χ1n) is 4.46. The van der Waals surface area contributed by atoms with Gasteiger partial charge in [0.2, 0.25) is 0 Å². The number of hydrogen-bond acceptors (Lipinski definition) is 3. The van der Waals surface area contributed by atoms with Gasteiger partial charge >= 0.3 is 0 Å². The van der Waals surface area contributed by atoms with Gasteiger partial charge in [0.15, 0.2) is 0 Å². The summed E-state index contributed by atoms with van der Waals surface area (Å²) in [6, 6.07) is 0. The summed E-state index contributed by atoms with van der Waals surface area (Å²) >= 11 is 2.09. The van der Waals surface area contributed by atoms with Gasteiger partial charge in [-0.15, -0.1) is 0 Å². The van der Waals surface area contributed by atoms with Crippen LogP contribution in [0.2, 0.25) is 0 Å². The van der Waals surface area contributed by atoms with Crippen LogP contribution in [0.5, 0.6) is 0 Å². The molecule has 2 fully saturated rings. The van der Waals surface area contributed by atoms with Crippen LogP contribution in [0.25, 0.3) is 0 Å². The van der Waals surface area contributed by atoms with Crippen LogP contribution < -0.4 is 5.32 Å². The van der Waals surface area contributed by atoms with Crippen molar-refractivity contribution >= 4 is 11.8 Å². The Morgan fingerprint density at radius 1 is 1.27 bits per heavy atom. The highest BCUT2D eigenvalue weighted by molar-refractivity contribution is 7.99. The van der Waals surface area contributed by atoms with Gasteiger partial charge in [-0.1, -0.05) is 0 Å². The van der Waals surface area contributed by atoms with Crippen molar-refractivity contribution in [3.63, 3.8) is 0 Å². The Morgan fingerprint density at radius 2 is 2.00 bits per heavy atom. The summed E-state index contributed by atoms with van der Waals surface area (Å²) in [5.41, 5.74) is 0. The Bertz CT molecular complexity index is 119. The molecule has 1 N–H and O–H groups in total. The molecule has 0 amide bonds. The lowest BCUT2D eigenvalue weighted by Gasteiger charge is -2.34. The van der Waals surface area contributed by atoms with Crippen molar-refractivity contribution in [3.05, 3.63) is 0 Å². The van der Waals surface area contributed by atoms with Crippen LogP contribution in [0.15, 0.2) is 0 Å². The normalized spacial score (nSPS) is 28.4. The fourth-order valence-electron chi connectivity index (χ4n) is 1.63. The summed E-state index contributed by atoms with van der Waals surface area (Å²) in [5.74, 6) is 3.65. The largest absolute Gasteiger partial charge is 0.316 e. The molecule has 0 aromatic heterocycles. The summed E-state index contributed by atoms with van der Waals surface area (Å²) in [6.45, 7) is 6.49. The smallest absolute Gasteiger partial charge is 0.00728 e. The summed E-state index contributed by atoms with van der Waals surface area (Å²) in [5, 5.41) is 3.32. The third-order valence-electron chi connectivity index (χ3n) is 2.49. The number of rotatable bonds is 2. The summed E-state index contributed by atoms with van der Waals surface area (Å²) in [6.07, 6.45) is 0. The van der Waals surface area contributed by atoms with Gasteiger partial charge in [0.25, 0.3) is 0 Å². The molecule has 0 radical (unpaired) electrons. The molecule has 2 aliphatic rings. The van der Waals surface area contributed by atoms with E-state index in [1.807, 2.05) is 0 Å². The van der Waals surface area contributed by atoms with E-state index in [1.165, 1.54) is 44.2 Å². The molecule has 11 heavy (non-hydrogen) atoms. The zero-order valence-corrected chi connectivity index (χ0v) is 7.70. The Labute approximate surface area is 72.7 Å². The van der Waals surface area contributed by atoms with E-state index in [9.17, 15) is 0 Å². The number of nitrogens with one attached hydrogen (secondary N) is 1. The first kappa shape index (κ1) is 7.90. The molecule has 2 heterocycles. The van der Waals surface area contributed by atoms with Gasteiger partial charge in [0, 0.05) is 44.2 Å². The monoisotopic (exact) mass is 172 g/mol. The Hall–Kier alpha value is 0.270. The predicted molar refractivity (Wildman–Crippen MR) is 50.1 cm³/mol. The Kier molecular flexibility index (Phi) is 2.72. The quantitative estimate of drug-likeness (QED) is 0.643. The fourth-order valence-corrected chi connectivity index (χ4v) is 2.61. The molecular formula is C8H16N2S. The van der Waals surface area contributed by atoms with Crippen molar-refractivity contribution < 1.29 is 0 Å². The summed E-state index contributed by atoms with van der Waals surface area (Å²) in [4.78, 5) is 2.61. The molecule has 0 spiro atoms. The average molecular weight is 172 g/mol. The van der Waals surface area contributed by atoms with E-state index in [0.717, 1.165) is 5.92 Å². The van der Waals surface area contributed by atoms with Crippen molar-refractivity contribution in [1.29, 1.82) is 0 Å². The van der Waals surface area contributed by atoms with Crippen molar-refractivity contribution in [2.24, 2.45) is 5.92 Å². The highest BCUT2D eigenvalue weighted by Gasteiger charge is 2.20. The third kappa shape index (κ3) is 2.10. The molecule has 2 saturated heterocycles. The van der Waals surface area contributed by atoms with Crippen molar-refractivity contribution in [1.82, 2.24) is 10.2 Å². The van der Waals surface area contributed by atoms with Crippen LogP contribution in [0.3, 0.4) is 0 Å². The van der Waals surface area contributed by atoms with Crippen molar-refractivity contribution in [2.45, 2.75) is 0 Å². The molecule has 0 bridgehead atoms. The zero-order valence-electron chi connectivity index (χ0n) is 6.88. The van der Waals surface area contributed by atoms with E-state index in [2.05, 4.69) is 22.0 Å². The molecule has 3 heteroatoms. The molecular weight excluding hydrogens is 156 g/mol. The van der Waals surface area contributed by atoms with Crippen LogP contribution in [-0.4, -0.2) is 49.1 Å². The molecule has 64 valence electrons. The highest BCUT2D eigenvalue weighted by atomic mass is 32.2. The average Bonchev–Trinajstić information content (AvgIpc) is 1.99. The van der Waals surface area contributed by atoms with E-state index in [1.54, 1.807) is 0 Å². The summed E-state index contributed by atoms with van der Waals surface area (Å²) in [7, 11) is 0. The maximum absolute atomic E-state index is 3.32. The molecule has 2 aliphatic heterocycles. The van der Waals surface area contributed by atoms with E-state index in [4.69, 9.17) is 0 Å². The zero-order chi connectivity index (χ0) is 7.52. The Morgan fingerprint density at radius 3 is 2.55 bits per heavy atom. The van der Waals surface area contributed by atoms with Crippen LogP contribution in [0.4, 0.5) is 0 Å². The minimum atomic E-state index is 0.957. The van der Waals surface area contributed by atoms with E-state index >= 15 is 0 Å². The minimum absolute atomic E-state index is 0.957. The van der Waals surface area contributed by atoms with Gasteiger partial charge in [-0.2, -0.15) is 11.8 Å². The second-order valence-electron chi connectivity index (χ2n) is 3.44. The summed E-state index contributed by atoms with van der Waals surface area (Å²) < 4.78 is 0. The van der Waals surface area contributed by atoms with Gasteiger partial charge in [0.1, 0.15) is 0 Å². The first-order valence-corrected chi connectivity index (χ1v) is 5.61. The SMILES string of the molecule is C1CN(CC2CNC2)CCS1. The van der Waals surface area contributed by atoms with Crippen LogP contribution in [-0.2, 0) is 0 Å². The van der Waals surface area contributed by atoms with Gasteiger partial charge in [-0.3, -0.25) is 0 Å². The molecule has 0 aromatic rings. The topological polar surface area (TPSA) is 15.3 Å². The minimum Gasteiger partial charge on any atom is -0.316 e. The second-order valence-corrected chi connectivity index (χ2v) is 4.66. The lowest BCUT2D eigenvalue weighted by Crippen LogP contribution is -2.49. The molecule has 0 saturated carbocycles. The maximum atomic E-state index is 3.32. The number of nitrogens with zero attached hydrogens (tertiary/aromatic N) is 1. The third-order valence-corrected chi connectivity index (χ3v) is 3.43. The van der Waals surface area contributed by atoms with Crippen LogP contribution >= 0.6 is 11.8 Å². The van der Waals surface area contributed by atoms with Gasteiger partial charge in [-0.25, -0.2) is 0 Å². The molecule has 0 atom stereocenters. The van der Waals surface area contributed by atoms with Crippen LogP contribution in [0.1, 0.15) is 0 Å². The highest BCUT2D eigenvalue weighted by Crippen LogP contribution is 2.12. The molecule has 0 unspecified atom stereocenters. The molecule has 0 aromatic carbocycles. The fraction of sp³-hybridized carbons (Fsp3) is 1.00. The van der Waals surface area contributed by atoms with Gasteiger partial charge in [0.05, 0.1) is 0 Å². The van der Waals surface area contributed by atoms with Gasteiger partial charge < -0.3 is 10.2 Å². The lowest BCUT2D eigenvalue weighted by molar-refractivity contribution is 0.207. The number of thioether (sulfide) groups is 1. The standard InChI is InChI=1S/C8H16N2S/c1-3-11-4-2-10(1)7-8-5-9-6-8/h8-9H,1-7H2. The van der Waals surface area contributed by atoms with E-state index in [-0.39, 0.29) is 0 Å².